The van der Waals surface area contributed by atoms with Crippen molar-refractivity contribution >= 4 is 11.8 Å². The minimum Gasteiger partial charge on any atom is -0.480 e. The van der Waals surface area contributed by atoms with E-state index in [1.807, 2.05) is 24.1 Å². The Bertz CT molecular complexity index is 284. The van der Waals surface area contributed by atoms with E-state index in [0.717, 1.165) is 5.82 Å². The van der Waals surface area contributed by atoms with Crippen LogP contribution in [-0.2, 0) is 4.79 Å². The summed E-state index contributed by atoms with van der Waals surface area (Å²) in [5.74, 6) is 0.0670. The Balaban J connectivity index is 2.55. The molecule has 0 spiro atoms. The molecular formula is C9H15N3O2. The van der Waals surface area contributed by atoms with E-state index in [2.05, 4.69) is 10.3 Å². The number of aromatic nitrogens is 1. The molecule has 5 nitrogen and oxygen atoms in total. The van der Waals surface area contributed by atoms with Crippen LogP contribution >= 0.6 is 0 Å². The van der Waals surface area contributed by atoms with Crippen LogP contribution in [0.15, 0.2) is 18.3 Å². The third kappa shape index (κ3) is 2.50. The van der Waals surface area contributed by atoms with Crippen molar-refractivity contribution in [3.8, 4) is 0 Å². The number of aliphatic carboxylic acids is 1. The lowest BCUT2D eigenvalue weighted by molar-refractivity contribution is -0.139. The van der Waals surface area contributed by atoms with E-state index in [9.17, 15) is 4.79 Å². The van der Waals surface area contributed by atoms with Gasteiger partial charge in [-0.25, -0.2) is 0 Å². The zero-order chi connectivity index (χ0) is 10.6. The lowest BCUT2D eigenvalue weighted by atomic mass is 10.3. The zero-order valence-electron chi connectivity index (χ0n) is 8.32. The first-order chi connectivity index (χ1) is 6.65. The molecule has 5 heteroatoms. The molecule has 0 saturated carbocycles. The molecule has 0 aromatic carbocycles. The summed E-state index contributed by atoms with van der Waals surface area (Å²) in [5, 5.41) is 11.6. The average Bonchev–Trinajstić information content (AvgIpc) is 2.65. The first-order valence-electron chi connectivity index (χ1n) is 4.39. The van der Waals surface area contributed by atoms with Crippen LogP contribution in [0.25, 0.3) is 0 Å². The first-order valence-corrected chi connectivity index (χ1v) is 4.39. The van der Waals surface area contributed by atoms with E-state index in [-0.39, 0.29) is 0 Å². The lowest BCUT2D eigenvalue weighted by Gasteiger charge is -2.21. The zero-order valence-corrected chi connectivity index (χ0v) is 8.32. The Morgan fingerprint density at radius 2 is 2.50 bits per heavy atom. The van der Waals surface area contributed by atoms with E-state index in [1.54, 1.807) is 13.2 Å². The smallest absolute Gasteiger partial charge is 0.322 e. The molecule has 0 aliphatic rings. The number of hydrogen-bond acceptors (Lipinski definition) is 3. The van der Waals surface area contributed by atoms with Gasteiger partial charge < -0.3 is 20.3 Å². The molecule has 3 N–H and O–H groups in total. The molecule has 0 fully saturated rings. The topological polar surface area (TPSA) is 68.4 Å². The standard InChI is InChI=1S/C9H15N3O2/c1-10-7(9(13)14)6-12(2)8-4-3-5-11-8/h3-5,7,10-11H,6H2,1-2H3,(H,13,14). The molecule has 0 radical (unpaired) electrons. The van der Waals surface area contributed by atoms with Crippen molar-refractivity contribution in [2.45, 2.75) is 6.04 Å². The number of nitrogens with zero attached hydrogens (tertiary/aromatic N) is 1. The van der Waals surface area contributed by atoms with Crippen LogP contribution in [-0.4, -0.2) is 42.7 Å². The molecule has 78 valence electrons. The fraction of sp³-hybridized carbons (Fsp3) is 0.444. The average molecular weight is 197 g/mol. The maximum absolute atomic E-state index is 10.7. The number of hydrogen-bond donors (Lipinski definition) is 3. The summed E-state index contributed by atoms with van der Waals surface area (Å²) in [6.45, 7) is 0.423. The summed E-state index contributed by atoms with van der Waals surface area (Å²) >= 11 is 0. The highest BCUT2D eigenvalue weighted by Gasteiger charge is 2.17. The van der Waals surface area contributed by atoms with Gasteiger partial charge in [0.2, 0.25) is 0 Å². The number of anilines is 1. The molecule has 0 aliphatic heterocycles. The number of rotatable bonds is 5. The fourth-order valence-electron chi connectivity index (χ4n) is 1.22. The molecule has 0 bridgehead atoms. The third-order valence-corrected chi connectivity index (χ3v) is 2.10. The summed E-state index contributed by atoms with van der Waals surface area (Å²) < 4.78 is 0. The summed E-state index contributed by atoms with van der Waals surface area (Å²) in [6, 6.07) is 3.22. The van der Waals surface area contributed by atoms with E-state index >= 15 is 0 Å². The van der Waals surface area contributed by atoms with Crippen molar-refractivity contribution in [3.63, 3.8) is 0 Å². The molecule has 1 unspecified atom stereocenters. The van der Waals surface area contributed by atoms with Gasteiger partial charge in [-0.2, -0.15) is 0 Å². The minimum atomic E-state index is -0.842. The van der Waals surface area contributed by atoms with Gasteiger partial charge in [0, 0.05) is 19.8 Å². The molecule has 0 amide bonds. The normalized spacial score (nSPS) is 12.4. The van der Waals surface area contributed by atoms with E-state index in [1.165, 1.54) is 0 Å². The Kier molecular flexibility index (Phi) is 3.53. The van der Waals surface area contributed by atoms with E-state index < -0.39 is 12.0 Å². The summed E-state index contributed by atoms with van der Waals surface area (Å²) in [6.07, 6.45) is 1.81. The second-order valence-electron chi connectivity index (χ2n) is 3.12. The number of aromatic amines is 1. The largest absolute Gasteiger partial charge is 0.480 e. The van der Waals surface area contributed by atoms with Crippen LogP contribution in [0.3, 0.4) is 0 Å². The second kappa shape index (κ2) is 4.66. The van der Waals surface area contributed by atoms with E-state index in [0.29, 0.717) is 6.54 Å². The molecule has 1 aromatic heterocycles. The Morgan fingerprint density at radius 1 is 1.79 bits per heavy atom. The van der Waals surface area contributed by atoms with Crippen LogP contribution < -0.4 is 10.2 Å². The van der Waals surface area contributed by atoms with Crippen LogP contribution in [0, 0.1) is 0 Å². The van der Waals surface area contributed by atoms with Crippen molar-refractivity contribution in [1.82, 2.24) is 10.3 Å². The van der Waals surface area contributed by atoms with Crippen molar-refractivity contribution in [2.75, 3.05) is 25.5 Å². The van der Waals surface area contributed by atoms with Crippen LogP contribution in [0.2, 0.25) is 0 Å². The highest BCUT2D eigenvalue weighted by atomic mass is 16.4. The Hall–Kier alpha value is -1.49. The van der Waals surface area contributed by atoms with Gasteiger partial charge in [-0.05, 0) is 19.2 Å². The monoisotopic (exact) mass is 197 g/mol. The highest BCUT2D eigenvalue weighted by molar-refractivity contribution is 5.74. The maximum Gasteiger partial charge on any atom is 0.322 e. The Morgan fingerprint density at radius 3 is 2.93 bits per heavy atom. The van der Waals surface area contributed by atoms with Crippen molar-refractivity contribution in [2.24, 2.45) is 0 Å². The number of carbonyl (C=O) groups is 1. The van der Waals surface area contributed by atoms with Gasteiger partial charge in [0.05, 0.1) is 0 Å². The number of carboxylic acid groups (broad SMARTS) is 1. The molecule has 0 aliphatic carbocycles. The van der Waals surface area contributed by atoms with Crippen molar-refractivity contribution in [3.05, 3.63) is 18.3 Å². The second-order valence-corrected chi connectivity index (χ2v) is 3.12. The lowest BCUT2D eigenvalue weighted by Crippen LogP contribution is -2.43. The summed E-state index contributed by atoms with van der Waals surface area (Å²) in [4.78, 5) is 15.6. The third-order valence-electron chi connectivity index (χ3n) is 2.10. The van der Waals surface area contributed by atoms with Crippen molar-refractivity contribution < 1.29 is 9.90 Å². The molecule has 1 aromatic rings. The SMILES string of the molecule is CNC(CN(C)c1ccc[nH]1)C(=O)O. The van der Waals surface area contributed by atoms with Gasteiger partial charge in [-0.1, -0.05) is 0 Å². The summed E-state index contributed by atoms with van der Waals surface area (Å²) in [5.41, 5.74) is 0. The van der Waals surface area contributed by atoms with Gasteiger partial charge >= 0.3 is 5.97 Å². The highest BCUT2D eigenvalue weighted by Crippen LogP contribution is 2.07. The number of nitrogens with one attached hydrogen (secondary N) is 2. The van der Waals surface area contributed by atoms with Gasteiger partial charge in [0.25, 0.3) is 0 Å². The molecular weight excluding hydrogens is 182 g/mol. The van der Waals surface area contributed by atoms with Crippen LogP contribution in [0.4, 0.5) is 5.82 Å². The number of likely N-dealkylation sites (N-methyl/N-ethyl adjacent to an activating group) is 2. The molecule has 1 heterocycles. The molecule has 1 atom stereocenters. The molecule has 14 heavy (non-hydrogen) atoms. The van der Waals surface area contributed by atoms with Gasteiger partial charge in [0.15, 0.2) is 0 Å². The predicted molar refractivity (Wildman–Crippen MR) is 54.5 cm³/mol. The van der Waals surface area contributed by atoms with Crippen LogP contribution in [0.1, 0.15) is 0 Å². The first kappa shape index (κ1) is 10.6. The molecule has 0 saturated heterocycles. The van der Waals surface area contributed by atoms with E-state index in [4.69, 9.17) is 5.11 Å². The minimum absolute atomic E-state index is 0.423. The summed E-state index contributed by atoms with van der Waals surface area (Å²) in [7, 11) is 3.49. The predicted octanol–water partition coefficient (Wildman–Crippen LogP) is 0.123. The van der Waals surface area contributed by atoms with Gasteiger partial charge in [-0.3, -0.25) is 4.79 Å². The molecule has 1 rings (SSSR count). The van der Waals surface area contributed by atoms with Crippen molar-refractivity contribution in [1.29, 1.82) is 0 Å². The maximum atomic E-state index is 10.7. The quantitative estimate of drug-likeness (QED) is 0.627. The van der Waals surface area contributed by atoms with Gasteiger partial charge in [-0.15, -0.1) is 0 Å². The number of H-pyrrole nitrogens is 1. The fourth-order valence-corrected chi connectivity index (χ4v) is 1.22. The van der Waals surface area contributed by atoms with Crippen LogP contribution in [0.5, 0.6) is 0 Å². The number of carboxylic acids is 1. The van der Waals surface area contributed by atoms with Gasteiger partial charge in [0.1, 0.15) is 11.9 Å². The Labute approximate surface area is 82.7 Å².